The Morgan fingerprint density at radius 2 is 2.22 bits per heavy atom. The van der Waals surface area contributed by atoms with E-state index in [2.05, 4.69) is 38.2 Å². The minimum Gasteiger partial charge on any atom is -0.464 e. The van der Waals surface area contributed by atoms with E-state index in [0.29, 0.717) is 18.1 Å². The lowest BCUT2D eigenvalue weighted by Crippen LogP contribution is -2.29. The molecule has 1 aromatic heterocycles. The molecule has 1 aliphatic rings. The maximum Gasteiger partial charge on any atom is 0.121 e. The zero-order valence-electron chi connectivity index (χ0n) is 11.7. The molecule has 1 fully saturated rings. The first-order chi connectivity index (χ1) is 8.74. The molecule has 3 atom stereocenters. The summed E-state index contributed by atoms with van der Waals surface area (Å²) in [5, 5.41) is 3.61. The van der Waals surface area contributed by atoms with Crippen molar-refractivity contribution in [3.63, 3.8) is 0 Å². The van der Waals surface area contributed by atoms with Crippen LogP contribution in [-0.2, 0) is 11.2 Å². The van der Waals surface area contributed by atoms with Gasteiger partial charge < -0.3 is 14.5 Å². The van der Waals surface area contributed by atoms with Gasteiger partial charge in [0.25, 0.3) is 0 Å². The summed E-state index contributed by atoms with van der Waals surface area (Å²) in [6.45, 7) is 8.33. The van der Waals surface area contributed by atoms with E-state index in [-0.39, 0.29) is 0 Å². The summed E-state index contributed by atoms with van der Waals surface area (Å²) in [6.07, 6.45) is 3.59. The summed E-state index contributed by atoms with van der Waals surface area (Å²) in [5.41, 5.74) is 0. The molecule has 2 rings (SSSR count). The van der Waals surface area contributed by atoms with Crippen LogP contribution in [0.2, 0.25) is 0 Å². The van der Waals surface area contributed by atoms with Crippen LogP contribution in [0.5, 0.6) is 0 Å². The fourth-order valence-electron chi connectivity index (χ4n) is 2.63. The van der Waals surface area contributed by atoms with Crippen LogP contribution in [0.25, 0.3) is 0 Å². The van der Waals surface area contributed by atoms with E-state index >= 15 is 0 Å². The molecule has 3 nitrogen and oxygen atoms in total. The molecule has 1 saturated heterocycles. The average Bonchev–Trinajstić information content (AvgIpc) is 2.99. The minimum atomic E-state index is 0.301. The van der Waals surface area contributed by atoms with E-state index in [4.69, 9.17) is 9.15 Å². The van der Waals surface area contributed by atoms with Crippen LogP contribution < -0.4 is 5.32 Å². The van der Waals surface area contributed by atoms with Gasteiger partial charge >= 0.3 is 0 Å². The Hall–Kier alpha value is -0.800. The van der Waals surface area contributed by atoms with Gasteiger partial charge in [-0.3, -0.25) is 0 Å². The molecule has 3 unspecified atom stereocenters. The SMILES string of the molecule is CCCNC(c1ccc(CC)o1)C1COC(C)C1. The Morgan fingerprint density at radius 3 is 2.78 bits per heavy atom. The molecular formula is C15H25NO2. The number of rotatable bonds is 6. The molecule has 0 aromatic carbocycles. The lowest BCUT2D eigenvalue weighted by atomic mass is 9.95. The topological polar surface area (TPSA) is 34.4 Å². The summed E-state index contributed by atoms with van der Waals surface area (Å²) < 4.78 is 11.6. The van der Waals surface area contributed by atoms with Crippen LogP contribution in [-0.4, -0.2) is 19.3 Å². The van der Waals surface area contributed by atoms with Gasteiger partial charge in [-0.15, -0.1) is 0 Å². The standard InChI is InChI=1S/C15H25NO2/c1-4-8-16-15(12-9-11(3)17-10-12)14-7-6-13(5-2)18-14/h6-7,11-12,15-16H,4-5,8-10H2,1-3H3. The second-order valence-electron chi connectivity index (χ2n) is 5.23. The molecule has 1 aromatic rings. The molecule has 0 amide bonds. The summed E-state index contributed by atoms with van der Waals surface area (Å²) in [6, 6.07) is 4.51. The first-order valence-corrected chi connectivity index (χ1v) is 7.18. The molecule has 0 saturated carbocycles. The molecule has 3 heteroatoms. The third kappa shape index (κ3) is 3.15. The van der Waals surface area contributed by atoms with Gasteiger partial charge in [-0.1, -0.05) is 13.8 Å². The highest BCUT2D eigenvalue weighted by molar-refractivity contribution is 5.12. The van der Waals surface area contributed by atoms with Crippen molar-refractivity contribution in [1.29, 1.82) is 0 Å². The van der Waals surface area contributed by atoms with Gasteiger partial charge in [0.05, 0.1) is 18.8 Å². The zero-order chi connectivity index (χ0) is 13.0. The molecule has 0 aliphatic carbocycles. The van der Waals surface area contributed by atoms with E-state index in [0.717, 1.165) is 43.9 Å². The Balaban J connectivity index is 2.08. The Labute approximate surface area is 110 Å². The molecule has 2 heterocycles. The van der Waals surface area contributed by atoms with Gasteiger partial charge in [0.15, 0.2) is 0 Å². The van der Waals surface area contributed by atoms with Gasteiger partial charge in [-0.25, -0.2) is 0 Å². The first kappa shape index (κ1) is 13.6. The van der Waals surface area contributed by atoms with E-state index in [1.165, 1.54) is 0 Å². The summed E-state index contributed by atoms with van der Waals surface area (Å²) in [4.78, 5) is 0. The Kier molecular flexibility index (Phi) is 4.84. The highest BCUT2D eigenvalue weighted by atomic mass is 16.5. The molecule has 102 valence electrons. The van der Waals surface area contributed by atoms with Crippen molar-refractivity contribution in [3.8, 4) is 0 Å². The summed E-state index contributed by atoms with van der Waals surface area (Å²) in [5.74, 6) is 2.67. The fraction of sp³-hybridized carbons (Fsp3) is 0.733. The van der Waals surface area contributed by atoms with Crippen LogP contribution in [0, 0.1) is 5.92 Å². The van der Waals surface area contributed by atoms with E-state index < -0.39 is 0 Å². The second kappa shape index (κ2) is 6.39. The minimum absolute atomic E-state index is 0.301. The highest BCUT2D eigenvalue weighted by Crippen LogP contribution is 2.32. The first-order valence-electron chi connectivity index (χ1n) is 7.18. The van der Waals surface area contributed by atoms with Crippen molar-refractivity contribution in [1.82, 2.24) is 5.32 Å². The number of furan rings is 1. The number of hydrogen-bond acceptors (Lipinski definition) is 3. The Bertz CT molecular complexity index is 361. The normalized spacial score (nSPS) is 25.5. The largest absolute Gasteiger partial charge is 0.464 e. The van der Waals surface area contributed by atoms with Crippen LogP contribution >= 0.6 is 0 Å². The number of aryl methyl sites for hydroxylation is 1. The van der Waals surface area contributed by atoms with Crippen molar-refractivity contribution in [2.75, 3.05) is 13.2 Å². The molecule has 0 radical (unpaired) electrons. The van der Waals surface area contributed by atoms with Gasteiger partial charge in [0.2, 0.25) is 0 Å². The summed E-state index contributed by atoms with van der Waals surface area (Å²) in [7, 11) is 0. The number of ether oxygens (including phenoxy) is 1. The molecular weight excluding hydrogens is 226 g/mol. The van der Waals surface area contributed by atoms with E-state index in [1.54, 1.807) is 0 Å². The van der Waals surface area contributed by atoms with Crippen molar-refractivity contribution < 1.29 is 9.15 Å². The number of nitrogens with one attached hydrogen (secondary N) is 1. The third-order valence-electron chi connectivity index (χ3n) is 3.65. The van der Waals surface area contributed by atoms with Gasteiger partial charge in [0.1, 0.15) is 11.5 Å². The van der Waals surface area contributed by atoms with Crippen molar-refractivity contribution in [2.24, 2.45) is 5.92 Å². The van der Waals surface area contributed by atoms with Crippen molar-refractivity contribution >= 4 is 0 Å². The maximum absolute atomic E-state index is 5.92. The van der Waals surface area contributed by atoms with E-state index in [9.17, 15) is 0 Å². The maximum atomic E-state index is 5.92. The lowest BCUT2D eigenvalue weighted by Gasteiger charge is -2.21. The van der Waals surface area contributed by atoms with Crippen LogP contribution in [0.3, 0.4) is 0 Å². The Morgan fingerprint density at radius 1 is 1.39 bits per heavy atom. The molecule has 1 aliphatic heterocycles. The molecule has 0 spiro atoms. The smallest absolute Gasteiger partial charge is 0.121 e. The van der Waals surface area contributed by atoms with Crippen molar-refractivity contribution in [3.05, 3.63) is 23.7 Å². The van der Waals surface area contributed by atoms with Gasteiger partial charge in [-0.2, -0.15) is 0 Å². The zero-order valence-corrected chi connectivity index (χ0v) is 11.7. The predicted octanol–water partition coefficient (Wildman–Crippen LogP) is 3.31. The summed E-state index contributed by atoms with van der Waals surface area (Å²) >= 11 is 0. The van der Waals surface area contributed by atoms with Crippen LogP contribution in [0.1, 0.15) is 51.2 Å². The molecule has 1 N–H and O–H groups in total. The van der Waals surface area contributed by atoms with E-state index in [1.807, 2.05) is 0 Å². The number of hydrogen-bond donors (Lipinski definition) is 1. The average molecular weight is 251 g/mol. The predicted molar refractivity (Wildman–Crippen MR) is 72.6 cm³/mol. The van der Waals surface area contributed by atoms with Gasteiger partial charge in [-0.05, 0) is 38.4 Å². The molecule has 0 bridgehead atoms. The third-order valence-corrected chi connectivity index (χ3v) is 3.65. The monoisotopic (exact) mass is 251 g/mol. The van der Waals surface area contributed by atoms with Crippen LogP contribution in [0.4, 0.5) is 0 Å². The quantitative estimate of drug-likeness (QED) is 0.842. The lowest BCUT2D eigenvalue weighted by molar-refractivity contribution is 0.115. The fourth-order valence-corrected chi connectivity index (χ4v) is 2.63. The highest BCUT2D eigenvalue weighted by Gasteiger charge is 2.32. The van der Waals surface area contributed by atoms with Crippen LogP contribution in [0.15, 0.2) is 16.5 Å². The van der Waals surface area contributed by atoms with Crippen molar-refractivity contribution in [2.45, 2.75) is 52.2 Å². The van der Waals surface area contributed by atoms with Gasteiger partial charge in [0, 0.05) is 12.3 Å². The second-order valence-corrected chi connectivity index (χ2v) is 5.23. The molecule has 18 heavy (non-hydrogen) atoms.